The van der Waals surface area contributed by atoms with Gasteiger partial charge in [0.05, 0.1) is 29.2 Å². The van der Waals surface area contributed by atoms with E-state index in [4.69, 9.17) is 32.1 Å². The van der Waals surface area contributed by atoms with Gasteiger partial charge in [-0.1, -0.05) is 35.3 Å². The van der Waals surface area contributed by atoms with E-state index in [0.29, 0.717) is 33.8 Å². The fourth-order valence-electron chi connectivity index (χ4n) is 2.66. The fourth-order valence-corrected chi connectivity index (χ4v) is 3.12. The molecule has 2 heterocycles. The van der Waals surface area contributed by atoms with Crippen molar-refractivity contribution in [3.05, 3.63) is 58.4 Å². The second-order valence-electron chi connectivity index (χ2n) is 6.04. The predicted molar refractivity (Wildman–Crippen MR) is 105 cm³/mol. The van der Waals surface area contributed by atoms with E-state index in [1.807, 2.05) is 11.0 Å². The summed E-state index contributed by atoms with van der Waals surface area (Å²) in [5.74, 6) is 1.01. The highest BCUT2D eigenvalue weighted by molar-refractivity contribution is 6.36. The van der Waals surface area contributed by atoms with Crippen LogP contribution in [-0.2, 0) is 11.3 Å². The molecule has 8 heteroatoms. The molecule has 0 saturated heterocycles. The maximum Gasteiger partial charge on any atom is 0.238 e. The standard InChI is InChI=1S/C19H19Cl2N3O3/c1-2-7-24(11-14-10-18(27-23-14)17-4-3-8-26-17)12-19(25)22-16-6-5-13(20)9-15(16)21/h3-6,8-10H,2,7,11-12H2,1H3,(H,22,25). The zero-order chi connectivity index (χ0) is 19.2. The molecule has 0 aliphatic carbocycles. The van der Waals surface area contributed by atoms with Gasteiger partial charge in [-0.05, 0) is 43.3 Å². The van der Waals surface area contributed by atoms with E-state index >= 15 is 0 Å². The molecule has 3 aromatic rings. The number of halogens is 2. The summed E-state index contributed by atoms with van der Waals surface area (Å²) in [6.45, 7) is 3.48. The van der Waals surface area contributed by atoms with Gasteiger partial charge in [-0.15, -0.1) is 0 Å². The fraction of sp³-hybridized carbons (Fsp3) is 0.263. The molecule has 0 unspecified atom stereocenters. The molecule has 0 fully saturated rings. The molecule has 0 spiro atoms. The molecule has 0 aliphatic heterocycles. The number of carbonyl (C=O) groups excluding carboxylic acids is 1. The monoisotopic (exact) mass is 407 g/mol. The molecule has 142 valence electrons. The van der Waals surface area contributed by atoms with Gasteiger partial charge in [0, 0.05) is 17.6 Å². The Kier molecular flexibility index (Phi) is 6.55. The lowest BCUT2D eigenvalue weighted by Crippen LogP contribution is -2.33. The van der Waals surface area contributed by atoms with Crippen molar-refractivity contribution in [3.8, 4) is 11.5 Å². The van der Waals surface area contributed by atoms with Crippen molar-refractivity contribution in [3.63, 3.8) is 0 Å². The lowest BCUT2D eigenvalue weighted by molar-refractivity contribution is -0.117. The van der Waals surface area contributed by atoms with Gasteiger partial charge < -0.3 is 14.3 Å². The average Bonchev–Trinajstić information content (AvgIpc) is 3.29. The van der Waals surface area contributed by atoms with Crippen molar-refractivity contribution >= 4 is 34.8 Å². The summed E-state index contributed by atoms with van der Waals surface area (Å²) in [7, 11) is 0. The number of carbonyl (C=O) groups is 1. The second-order valence-corrected chi connectivity index (χ2v) is 6.89. The summed E-state index contributed by atoms with van der Waals surface area (Å²) in [5.41, 5.74) is 1.26. The minimum absolute atomic E-state index is 0.164. The van der Waals surface area contributed by atoms with E-state index in [-0.39, 0.29) is 12.5 Å². The van der Waals surface area contributed by atoms with Crippen molar-refractivity contribution in [2.24, 2.45) is 0 Å². The summed E-state index contributed by atoms with van der Waals surface area (Å²) in [5, 5.41) is 7.79. The van der Waals surface area contributed by atoms with E-state index in [2.05, 4.69) is 17.4 Å². The van der Waals surface area contributed by atoms with E-state index in [0.717, 1.165) is 18.7 Å². The number of rotatable bonds is 8. The van der Waals surface area contributed by atoms with Crippen LogP contribution in [0.25, 0.3) is 11.5 Å². The summed E-state index contributed by atoms with van der Waals surface area (Å²) in [6.07, 6.45) is 2.48. The Morgan fingerprint density at radius 3 is 2.78 bits per heavy atom. The third-order valence-corrected chi connectivity index (χ3v) is 4.37. The van der Waals surface area contributed by atoms with Gasteiger partial charge >= 0.3 is 0 Å². The van der Waals surface area contributed by atoms with Gasteiger partial charge in [-0.3, -0.25) is 9.69 Å². The molecule has 0 bridgehead atoms. The number of amides is 1. The predicted octanol–water partition coefficient (Wildman–Crippen LogP) is 5.09. The zero-order valence-electron chi connectivity index (χ0n) is 14.7. The molecule has 0 atom stereocenters. The Hall–Kier alpha value is -2.28. The lowest BCUT2D eigenvalue weighted by atomic mass is 10.2. The number of benzene rings is 1. The van der Waals surface area contributed by atoms with Crippen LogP contribution in [-0.4, -0.2) is 29.1 Å². The molecule has 3 rings (SSSR count). The van der Waals surface area contributed by atoms with Gasteiger partial charge in [0.2, 0.25) is 11.7 Å². The number of nitrogens with one attached hydrogen (secondary N) is 1. The lowest BCUT2D eigenvalue weighted by Gasteiger charge is -2.20. The van der Waals surface area contributed by atoms with E-state index in [1.165, 1.54) is 0 Å². The Morgan fingerprint density at radius 1 is 1.22 bits per heavy atom. The molecular formula is C19H19Cl2N3O3. The quantitative estimate of drug-likeness (QED) is 0.562. The maximum atomic E-state index is 12.4. The molecule has 1 aromatic carbocycles. The maximum absolute atomic E-state index is 12.4. The van der Waals surface area contributed by atoms with Gasteiger partial charge in [0.1, 0.15) is 0 Å². The van der Waals surface area contributed by atoms with Gasteiger partial charge in [-0.25, -0.2) is 0 Å². The normalized spacial score (nSPS) is 11.1. The van der Waals surface area contributed by atoms with E-state index in [1.54, 1.807) is 36.6 Å². The number of anilines is 1. The molecule has 1 N–H and O–H groups in total. The Balaban J connectivity index is 1.62. The SMILES string of the molecule is CCCN(CC(=O)Nc1ccc(Cl)cc1Cl)Cc1cc(-c2ccco2)on1. The molecule has 6 nitrogen and oxygen atoms in total. The first kappa shape index (κ1) is 19.5. The van der Waals surface area contributed by atoms with Crippen LogP contribution in [0.3, 0.4) is 0 Å². The molecule has 27 heavy (non-hydrogen) atoms. The van der Waals surface area contributed by atoms with Crippen molar-refractivity contribution < 1.29 is 13.7 Å². The van der Waals surface area contributed by atoms with Crippen LogP contribution < -0.4 is 5.32 Å². The molecule has 0 aliphatic rings. The first-order chi connectivity index (χ1) is 13.0. The molecule has 1 amide bonds. The molecule has 0 radical (unpaired) electrons. The average molecular weight is 408 g/mol. The van der Waals surface area contributed by atoms with Gasteiger partial charge in [0.15, 0.2) is 5.76 Å². The van der Waals surface area contributed by atoms with Crippen LogP contribution in [0, 0.1) is 0 Å². The summed E-state index contributed by atoms with van der Waals surface area (Å²) >= 11 is 12.0. The Morgan fingerprint density at radius 2 is 2.07 bits per heavy atom. The molecule has 2 aromatic heterocycles. The summed E-state index contributed by atoms with van der Waals surface area (Å²) in [4.78, 5) is 14.4. The number of hydrogen-bond acceptors (Lipinski definition) is 5. The first-order valence-corrected chi connectivity index (χ1v) is 9.27. The zero-order valence-corrected chi connectivity index (χ0v) is 16.3. The largest absolute Gasteiger partial charge is 0.461 e. The highest BCUT2D eigenvalue weighted by Crippen LogP contribution is 2.25. The Bertz CT molecular complexity index is 894. The van der Waals surface area contributed by atoms with Crippen LogP contribution >= 0.6 is 23.2 Å². The van der Waals surface area contributed by atoms with Crippen LogP contribution in [0.15, 0.2) is 51.6 Å². The highest BCUT2D eigenvalue weighted by Gasteiger charge is 2.16. The number of aromatic nitrogens is 1. The highest BCUT2D eigenvalue weighted by atomic mass is 35.5. The van der Waals surface area contributed by atoms with E-state index < -0.39 is 0 Å². The van der Waals surface area contributed by atoms with Crippen LogP contribution in [0.1, 0.15) is 19.0 Å². The number of furan rings is 1. The minimum Gasteiger partial charge on any atom is -0.461 e. The van der Waals surface area contributed by atoms with Crippen molar-refractivity contribution in [2.75, 3.05) is 18.4 Å². The number of hydrogen-bond donors (Lipinski definition) is 1. The van der Waals surface area contributed by atoms with Crippen molar-refractivity contribution in [1.82, 2.24) is 10.1 Å². The summed E-state index contributed by atoms with van der Waals surface area (Å²) in [6, 6.07) is 10.4. The third-order valence-electron chi connectivity index (χ3n) is 3.82. The minimum atomic E-state index is -0.164. The summed E-state index contributed by atoms with van der Waals surface area (Å²) < 4.78 is 10.6. The van der Waals surface area contributed by atoms with Crippen LogP contribution in [0.5, 0.6) is 0 Å². The smallest absolute Gasteiger partial charge is 0.238 e. The molecular weight excluding hydrogens is 389 g/mol. The van der Waals surface area contributed by atoms with Crippen molar-refractivity contribution in [2.45, 2.75) is 19.9 Å². The van der Waals surface area contributed by atoms with E-state index in [9.17, 15) is 4.79 Å². The van der Waals surface area contributed by atoms with Gasteiger partial charge in [-0.2, -0.15) is 0 Å². The van der Waals surface area contributed by atoms with Crippen molar-refractivity contribution in [1.29, 1.82) is 0 Å². The third kappa shape index (κ3) is 5.35. The second kappa shape index (κ2) is 9.08. The number of nitrogens with zero attached hydrogens (tertiary/aromatic N) is 2. The topological polar surface area (TPSA) is 71.5 Å². The first-order valence-electron chi connectivity index (χ1n) is 8.52. The molecule has 0 saturated carbocycles. The Labute approximate surface area is 167 Å². The van der Waals surface area contributed by atoms with Gasteiger partial charge in [0.25, 0.3) is 0 Å². The van der Waals surface area contributed by atoms with Crippen LogP contribution in [0.2, 0.25) is 10.0 Å². The van der Waals surface area contributed by atoms with Crippen LogP contribution in [0.4, 0.5) is 5.69 Å².